The molecule has 3 N–H and O–H groups in total. The van der Waals surface area contributed by atoms with Gasteiger partial charge < -0.3 is 20.7 Å². The number of nitriles is 1. The van der Waals surface area contributed by atoms with Crippen LogP contribution in [0.1, 0.15) is 24.1 Å². The Bertz CT molecular complexity index is 856. The molecule has 3 amide bonds. The summed E-state index contributed by atoms with van der Waals surface area (Å²) in [7, 11) is 0. The third-order valence-corrected chi connectivity index (χ3v) is 3.76. The normalized spacial score (nSPS) is 13.5. The largest absolute Gasteiger partial charge is 0.482 e. The van der Waals surface area contributed by atoms with Crippen molar-refractivity contribution in [3.05, 3.63) is 53.6 Å². The Morgan fingerprint density at radius 3 is 2.76 bits per heavy atom. The highest BCUT2D eigenvalue weighted by Gasteiger charge is 2.17. The Hall–Kier alpha value is -3.53. The van der Waals surface area contributed by atoms with Gasteiger partial charge in [0.2, 0.25) is 0 Å². The van der Waals surface area contributed by atoms with E-state index in [1.807, 2.05) is 6.92 Å². The monoisotopic (exact) mass is 336 g/mol. The quantitative estimate of drug-likeness (QED) is 0.802. The van der Waals surface area contributed by atoms with Gasteiger partial charge in [0, 0.05) is 11.8 Å². The predicted molar refractivity (Wildman–Crippen MR) is 92.3 cm³/mol. The van der Waals surface area contributed by atoms with Crippen LogP contribution in [0.15, 0.2) is 42.5 Å². The average Bonchev–Trinajstić information content (AvgIpc) is 2.61. The molecule has 25 heavy (non-hydrogen) atoms. The zero-order valence-electron chi connectivity index (χ0n) is 13.5. The maximum atomic E-state index is 12.2. The zero-order chi connectivity index (χ0) is 17.8. The molecule has 2 aromatic rings. The van der Waals surface area contributed by atoms with Gasteiger partial charge in [-0.05, 0) is 36.8 Å². The van der Waals surface area contributed by atoms with E-state index in [2.05, 4.69) is 22.0 Å². The first kappa shape index (κ1) is 16.3. The molecule has 0 saturated carbocycles. The third-order valence-electron chi connectivity index (χ3n) is 3.76. The summed E-state index contributed by atoms with van der Waals surface area (Å²) in [6, 6.07) is 13.5. The number of nitrogens with one attached hydrogen (secondary N) is 3. The van der Waals surface area contributed by atoms with E-state index in [4.69, 9.17) is 10.00 Å². The molecule has 1 heterocycles. The van der Waals surface area contributed by atoms with Gasteiger partial charge >= 0.3 is 6.03 Å². The van der Waals surface area contributed by atoms with Crippen LogP contribution in [-0.4, -0.2) is 18.5 Å². The molecule has 2 aromatic carbocycles. The number of benzene rings is 2. The lowest BCUT2D eigenvalue weighted by Crippen LogP contribution is -2.31. The molecule has 3 rings (SSSR count). The number of amides is 3. The fraction of sp³-hybridized carbons (Fsp3) is 0.167. The molecule has 1 unspecified atom stereocenters. The fourth-order valence-electron chi connectivity index (χ4n) is 2.45. The number of hydrogen-bond donors (Lipinski definition) is 3. The first-order chi connectivity index (χ1) is 12.0. The maximum Gasteiger partial charge on any atom is 0.319 e. The van der Waals surface area contributed by atoms with E-state index < -0.39 is 0 Å². The molecular weight excluding hydrogens is 320 g/mol. The van der Waals surface area contributed by atoms with Gasteiger partial charge in [-0.15, -0.1) is 0 Å². The van der Waals surface area contributed by atoms with E-state index in [1.54, 1.807) is 42.5 Å². The molecule has 0 aliphatic carbocycles. The second-order valence-corrected chi connectivity index (χ2v) is 5.60. The van der Waals surface area contributed by atoms with Crippen molar-refractivity contribution in [1.82, 2.24) is 5.32 Å². The van der Waals surface area contributed by atoms with Crippen LogP contribution >= 0.6 is 0 Å². The highest BCUT2D eigenvalue weighted by atomic mass is 16.5. The van der Waals surface area contributed by atoms with Gasteiger partial charge in [-0.1, -0.05) is 12.1 Å². The first-order valence-corrected chi connectivity index (χ1v) is 7.69. The lowest BCUT2D eigenvalue weighted by molar-refractivity contribution is -0.118. The number of anilines is 2. The number of rotatable bonds is 3. The predicted octanol–water partition coefficient (Wildman–Crippen LogP) is 2.77. The van der Waals surface area contributed by atoms with Gasteiger partial charge in [-0.2, -0.15) is 5.26 Å². The number of nitrogens with zero attached hydrogens (tertiary/aromatic N) is 1. The van der Waals surface area contributed by atoms with Crippen molar-refractivity contribution >= 4 is 23.3 Å². The van der Waals surface area contributed by atoms with E-state index in [9.17, 15) is 9.59 Å². The summed E-state index contributed by atoms with van der Waals surface area (Å²) in [6.45, 7) is 1.81. The summed E-state index contributed by atoms with van der Waals surface area (Å²) >= 11 is 0. The Kier molecular flexibility index (Phi) is 4.53. The molecule has 126 valence electrons. The lowest BCUT2D eigenvalue weighted by Gasteiger charge is -2.19. The maximum absolute atomic E-state index is 12.2. The van der Waals surface area contributed by atoms with Crippen LogP contribution in [0.5, 0.6) is 5.75 Å². The van der Waals surface area contributed by atoms with Gasteiger partial charge in [0.15, 0.2) is 6.61 Å². The van der Waals surface area contributed by atoms with Crippen molar-refractivity contribution in [2.45, 2.75) is 13.0 Å². The van der Waals surface area contributed by atoms with Crippen LogP contribution in [-0.2, 0) is 4.79 Å². The zero-order valence-corrected chi connectivity index (χ0v) is 13.5. The lowest BCUT2D eigenvalue weighted by atomic mass is 10.1. The summed E-state index contributed by atoms with van der Waals surface area (Å²) in [6.07, 6.45) is 0. The van der Waals surface area contributed by atoms with E-state index in [0.717, 1.165) is 5.56 Å². The standard InChI is InChI=1S/C18H16N4O3/c1-11(13-4-2-12(9-19)3-5-13)20-18(24)21-14-6-7-15-16(8-14)25-10-17(23)22-15/h2-8,11H,10H2,1H3,(H,22,23)(H2,20,21,24). The molecule has 0 saturated heterocycles. The minimum absolute atomic E-state index is 0.0433. The van der Waals surface area contributed by atoms with Crippen LogP contribution in [0.25, 0.3) is 0 Å². The second-order valence-electron chi connectivity index (χ2n) is 5.60. The van der Waals surface area contributed by atoms with Crippen molar-refractivity contribution in [2.24, 2.45) is 0 Å². The highest BCUT2D eigenvalue weighted by molar-refractivity contribution is 5.96. The number of fused-ring (bicyclic) bond motifs is 1. The molecule has 0 fully saturated rings. The van der Waals surface area contributed by atoms with E-state index >= 15 is 0 Å². The smallest absolute Gasteiger partial charge is 0.319 e. The van der Waals surface area contributed by atoms with Gasteiger partial charge in [-0.25, -0.2) is 4.79 Å². The van der Waals surface area contributed by atoms with Crippen molar-refractivity contribution in [2.75, 3.05) is 17.2 Å². The highest BCUT2D eigenvalue weighted by Crippen LogP contribution is 2.30. The molecular formula is C18H16N4O3. The molecule has 7 nitrogen and oxygen atoms in total. The minimum atomic E-state index is -0.364. The molecule has 1 atom stereocenters. The van der Waals surface area contributed by atoms with Crippen LogP contribution in [0.3, 0.4) is 0 Å². The van der Waals surface area contributed by atoms with Crippen LogP contribution in [0, 0.1) is 11.3 Å². The first-order valence-electron chi connectivity index (χ1n) is 7.69. The van der Waals surface area contributed by atoms with Crippen molar-refractivity contribution in [1.29, 1.82) is 5.26 Å². The molecule has 1 aliphatic rings. The van der Waals surface area contributed by atoms with Crippen molar-refractivity contribution in [3.8, 4) is 11.8 Å². The van der Waals surface area contributed by atoms with Crippen LogP contribution in [0.4, 0.5) is 16.2 Å². The summed E-state index contributed by atoms with van der Waals surface area (Å²) in [5, 5.41) is 17.1. The van der Waals surface area contributed by atoms with Gasteiger partial charge in [0.1, 0.15) is 5.75 Å². The number of carbonyl (C=O) groups is 2. The molecule has 0 spiro atoms. The van der Waals surface area contributed by atoms with Gasteiger partial charge in [0.25, 0.3) is 5.91 Å². The van der Waals surface area contributed by atoms with Crippen LogP contribution in [0.2, 0.25) is 0 Å². The third kappa shape index (κ3) is 3.87. The summed E-state index contributed by atoms with van der Waals surface area (Å²) < 4.78 is 5.32. The summed E-state index contributed by atoms with van der Waals surface area (Å²) in [5.74, 6) is 0.305. The molecule has 1 aliphatic heterocycles. The number of ether oxygens (including phenoxy) is 1. The Morgan fingerprint density at radius 1 is 1.28 bits per heavy atom. The van der Waals surface area contributed by atoms with E-state index in [0.29, 0.717) is 22.7 Å². The Labute approximate surface area is 144 Å². The van der Waals surface area contributed by atoms with Crippen molar-refractivity contribution < 1.29 is 14.3 Å². The Morgan fingerprint density at radius 2 is 2.04 bits per heavy atom. The van der Waals surface area contributed by atoms with E-state index in [-0.39, 0.29) is 24.6 Å². The van der Waals surface area contributed by atoms with Gasteiger partial charge in [0.05, 0.1) is 23.4 Å². The summed E-state index contributed by atoms with van der Waals surface area (Å²) in [5.41, 5.74) is 2.60. The number of urea groups is 1. The van der Waals surface area contributed by atoms with Gasteiger partial charge in [-0.3, -0.25) is 4.79 Å². The molecule has 0 bridgehead atoms. The SMILES string of the molecule is CC(NC(=O)Nc1ccc2c(c1)OCC(=O)N2)c1ccc(C#N)cc1. The van der Waals surface area contributed by atoms with Crippen LogP contribution < -0.4 is 20.7 Å². The second kappa shape index (κ2) is 6.93. The topological polar surface area (TPSA) is 103 Å². The number of carbonyl (C=O) groups excluding carboxylic acids is 2. The summed E-state index contributed by atoms with van der Waals surface area (Å²) in [4.78, 5) is 23.4. The number of hydrogen-bond acceptors (Lipinski definition) is 4. The van der Waals surface area contributed by atoms with E-state index in [1.165, 1.54) is 0 Å². The Balaban J connectivity index is 1.62. The van der Waals surface area contributed by atoms with Crippen molar-refractivity contribution in [3.63, 3.8) is 0 Å². The molecule has 0 aromatic heterocycles. The molecule has 0 radical (unpaired) electrons. The fourth-order valence-corrected chi connectivity index (χ4v) is 2.45. The minimum Gasteiger partial charge on any atom is -0.482 e. The average molecular weight is 336 g/mol. The molecule has 7 heteroatoms.